The molecule has 0 saturated carbocycles. The standard InChI is InChI=1S/C61H41N7/c1-5-19-40(20-6-1)44-27-18-30-47(38-44)67-54-33-15-13-31-48(54)50-35-36-51-49-32-14-16-34-55(49)68(57(51)56(50)67)61-65-58(43-25-11-4-12-26-43)64-60(66-61)46-29-17-28-45(37-46)59-62-52(41-21-7-2-8-22-41)39-53(63-59)42-23-9-3-10-24-42/h1-39,58H,(H,64,65,66). The van der Waals surface area contributed by atoms with Gasteiger partial charge in [-0.05, 0) is 53.1 Å². The minimum atomic E-state index is -0.437. The van der Waals surface area contributed by atoms with E-state index in [1.54, 1.807) is 0 Å². The molecule has 0 amide bonds. The molecule has 0 radical (unpaired) electrons. The van der Waals surface area contributed by atoms with Gasteiger partial charge in [0, 0.05) is 49.5 Å². The quantitative estimate of drug-likeness (QED) is 0.173. The Morgan fingerprint density at radius 1 is 0.368 bits per heavy atom. The number of hydrogen-bond acceptors (Lipinski definition) is 5. The predicted molar refractivity (Wildman–Crippen MR) is 279 cm³/mol. The van der Waals surface area contributed by atoms with Crippen molar-refractivity contribution in [2.45, 2.75) is 6.17 Å². The van der Waals surface area contributed by atoms with Crippen LogP contribution in [0.3, 0.4) is 0 Å². The Kier molecular flexibility index (Phi) is 9.42. The Morgan fingerprint density at radius 3 is 1.51 bits per heavy atom. The van der Waals surface area contributed by atoms with Crippen LogP contribution >= 0.6 is 0 Å². The fourth-order valence-electron chi connectivity index (χ4n) is 9.81. The minimum absolute atomic E-state index is 0.437. The minimum Gasteiger partial charge on any atom is -0.344 e. The van der Waals surface area contributed by atoms with Crippen molar-refractivity contribution in [3.63, 3.8) is 0 Å². The summed E-state index contributed by atoms with van der Waals surface area (Å²) in [6.45, 7) is 0. The van der Waals surface area contributed by atoms with Crippen LogP contribution in [0, 0.1) is 0 Å². The lowest BCUT2D eigenvalue weighted by Crippen LogP contribution is -2.35. The molecule has 0 fully saturated rings. The molecule has 1 N–H and O–H groups in total. The van der Waals surface area contributed by atoms with Gasteiger partial charge in [0.15, 0.2) is 5.82 Å². The molecular formula is C61H41N7. The van der Waals surface area contributed by atoms with Crippen LogP contribution in [-0.2, 0) is 0 Å². The third-order valence-electron chi connectivity index (χ3n) is 13.0. The number of aliphatic imine (C=N–C) groups is 2. The SMILES string of the molecule is c1ccc(-c2cccc(-n3c4ccccc4c4ccc5c6ccccc6n(C6=NC(c7ccccc7)NC(c7cccc(-c8nc(-c9ccccc9)cc(-c9ccccc9)n8)c7)=N6)c5c43)c2)cc1. The maximum atomic E-state index is 5.52. The number of rotatable bonds is 7. The van der Waals surface area contributed by atoms with Gasteiger partial charge >= 0.3 is 0 Å². The number of fused-ring (bicyclic) bond motifs is 7. The molecule has 13 rings (SSSR count). The molecule has 1 atom stereocenters. The summed E-state index contributed by atoms with van der Waals surface area (Å²) in [5.41, 5.74) is 14.2. The normalized spacial score (nSPS) is 13.7. The first-order chi connectivity index (χ1) is 33.7. The number of para-hydroxylation sites is 2. The van der Waals surface area contributed by atoms with E-state index in [0.717, 1.165) is 88.7 Å². The Balaban J connectivity index is 1.04. The molecule has 1 unspecified atom stereocenters. The van der Waals surface area contributed by atoms with Gasteiger partial charge in [0.25, 0.3) is 0 Å². The zero-order chi connectivity index (χ0) is 45.0. The summed E-state index contributed by atoms with van der Waals surface area (Å²) in [5, 5.41) is 8.33. The fraction of sp³-hybridized carbons (Fsp3) is 0.0164. The molecule has 7 heteroatoms. The van der Waals surface area contributed by atoms with Gasteiger partial charge in [0.2, 0.25) is 5.96 Å². The average Bonchev–Trinajstić information content (AvgIpc) is 3.95. The fourth-order valence-corrected chi connectivity index (χ4v) is 9.81. The van der Waals surface area contributed by atoms with Crippen molar-refractivity contribution in [3.05, 3.63) is 248 Å². The summed E-state index contributed by atoms with van der Waals surface area (Å²) in [6, 6.07) is 82.7. The summed E-state index contributed by atoms with van der Waals surface area (Å²) in [6.07, 6.45) is -0.437. The Morgan fingerprint density at radius 2 is 0.868 bits per heavy atom. The molecular weight excluding hydrogens is 831 g/mol. The Bertz CT molecular complexity index is 3870. The first-order valence-electron chi connectivity index (χ1n) is 22.9. The van der Waals surface area contributed by atoms with E-state index in [0.29, 0.717) is 17.6 Å². The highest BCUT2D eigenvalue weighted by Gasteiger charge is 2.27. The molecule has 0 aliphatic carbocycles. The van der Waals surface area contributed by atoms with Crippen molar-refractivity contribution >= 4 is 55.4 Å². The molecule has 4 heterocycles. The highest BCUT2D eigenvalue weighted by molar-refractivity contribution is 6.26. The van der Waals surface area contributed by atoms with E-state index in [9.17, 15) is 0 Å². The van der Waals surface area contributed by atoms with Crippen LogP contribution in [0.2, 0.25) is 0 Å². The van der Waals surface area contributed by atoms with Gasteiger partial charge in [0.1, 0.15) is 12.0 Å². The number of amidine groups is 1. The van der Waals surface area contributed by atoms with Crippen LogP contribution in [0.15, 0.2) is 247 Å². The van der Waals surface area contributed by atoms with Gasteiger partial charge in [-0.3, -0.25) is 4.57 Å². The van der Waals surface area contributed by atoms with Crippen LogP contribution in [0.4, 0.5) is 0 Å². The topological polar surface area (TPSA) is 72.4 Å². The molecule has 3 aromatic heterocycles. The first-order valence-corrected chi connectivity index (χ1v) is 22.9. The second kappa shape index (κ2) is 16.3. The third kappa shape index (κ3) is 6.76. The maximum Gasteiger partial charge on any atom is 0.234 e. The van der Waals surface area contributed by atoms with E-state index >= 15 is 0 Å². The van der Waals surface area contributed by atoms with E-state index < -0.39 is 6.17 Å². The van der Waals surface area contributed by atoms with Crippen LogP contribution in [-0.4, -0.2) is 30.9 Å². The molecule has 12 aromatic rings. The lowest BCUT2D eigenvalue weighted by molar-refractivity contribution is 0.668. The second-order valence-electron chi connectivity index (χ2n) is 17.1. The summed E-state index contributed by atoms with van der Waals surface area (Å²) < 4.78 is 4.70. The number of nitrogens with zero attached hydrogens (tertiary/aromatic N) is 6. The highest BCUT2D eigenvalue weighted by atomic mass is 15.3. The largest absolute Gasteiger partial charge is 0.344 e. The maximum absolute atomic E-state index is 5.52. The number of hydrogen-bond donors (Lipinski definition) is 1. The molecule has 0 spiro atoms. The van der Waals surface area contributed by atoms with E-state index in [1.807, 2.05) is 42.5 Å². The van der Waals surface area contributed by atoms with Crippen molar-refractivity contribution in [2.75, 3.05) is 0 Å². The van der Waals surface area contributed by atoms with Gasteiger partial charge in [-0.1, -0.05) is 200 Å². The van der Waals surface area contributed by atoms with Crippen molar-refractivity contribution in [1.29, 1.82) is 0 Å². The molecule has 9 aromatic carbocycles. The van der Waals surface area contributed by atoms with Crippen LogP contribution in [0.5, 0.6) is 0 Å². The summed E-state index contributed by atoms with van der Waals surface area (Å²) in [7, 11) is 0. The predicted octanol–water partition coefficient (Wildman–Crippen LogP) is 14.3. The first kappa shape index (κ1) is 39.2. The van der Waals surface area contributed by atoms with E-state index in [-0.39, 0.29) is 0 Å². The highest BCUT2D eigenvalue weighted by Crippen LogP contribution is 2.41. The van der Waals surface area contributed by atoms with Gasteiger partial charge in [-0.15, -0.1) is 0 Å². The second-order valence-corrected chi connectivity index (χ2v) is 17.1. The zero-order valence-electron chi connectivity index (χ0n) is 36.8. The Hall–Kier alpha value is -9.20. The molecule has 0 saturated heterocycles. The molecule has 7 nitrogen and oxygen atoms in total. The van der Waals surface area contributed by atoms with Crippen molar-refractivity contribution in [3.8, 4) is 50.7 Å². The third-order valence-corrected chi connectivity index (χ3v) is 13.0. The molecule has 1 aliphatic heterocycles. The summed E-state index contributed by atoms with van der Waals surface area (Å²) in [4.78, 5) is 21.4. The van der Waals surface area contributed by atoms with Gasteiger partial charge in [-0.25, -0.2) is 15.0 Å². The van der Waals surface area contributed by atoms with Crippen molar-refractivity contribution < 1.29 is 0 Å². The summed E-state index contributed by atoms with van der Waals surface area (Å²) in [5.74, 6) is 1.91. The number of benzene rings is 9. The van der Waals surface area contributed by atoms with Crippen LogP contribution in [0.25, 0.3) is 94.3 Å². The van der Waals surface area contributed by atoms with E-state index in [1.165, 1.54) is 10.9 Å². The number of aromatic nitrogens is 4. The van der Waals surface area contributed by atoms with Crippen LogP contribution < -0.4 is 5.32 Å². The molecule has 0 bridgehead atoms. The zero-order valence-corrected chi connectivity index (χ0v) is 36.8. The van der Waals surface area contributed by atoms with E-state index in [4.69, 9.17) is 20.0 Å². The van der Waals surface area contributed by atoms with Crippen molar-refractivity contribution in [2.24, 2.45) is 9.98 Å². The lowest BCUT2D eigenvalue weighted by Gasteiger charge is -2.24. The molecule has 68 heavy (non-hydrogen) atoms. The van der Waals surface area contributed by atoms with E-state index in [2.05, 4.69) is 209 Å². The smallest absolute Gasteiger partial charge is 0.234 e. The molecule has 320 valence electrons. The van der Waals surface area contributed by atoms with Crippen LogP contribution in [0.1, 0.15) is 17.3 Å². The monoisotopic (exact) mass is 871 g/mol. The molecule has 1 aliphatic rings. The number of nitrogens with one attached hydrogen (secondary N) is 1. The van der Waals surface area contributed by atoms with Gasteiger partial charge in [-0.2, -0.15) is 4.99 Å². The van der Waals surface area contributed by atoms with Crippen molar-refractivity contribution in [1.82, 2.24) is 24.4 Å². The van der Waals surface area contributed by atoms with Gasteiger partial charge < -0.3 is 9.88 Å². The summed E-state index contributed by atoms with van der Waals surface area (Å²) >= 11 is 0. The average molecular weight is 872 g/mol. The Labute approximate surface area is 392 Å². The van der Waals surface area contributed by atoms with Gasteiger partial charge in [0.05, 0.1) is 33.5 Å². The lowest BCUT2D eigenvalue weighted by atomic mass is 10.1.